The summed E-state index contributed by atoms with van der Waals surface area (Å²) in [7, 11) is 1.59. The average molecular weight is 366 g/mol. The van der Waals surface area contributed by atoms with Crippen molar-refractivity contribution < 1.29 is 9.53 Å². The van der Waals surface area contributed by atoms with Crippen molar-refractivity contribution in [1.82, 2.24) is 4.98 Å². The number of aromatic nitrogens is 1. The van der Waals surface area contributed by atoms with Crippen LogP contribution in [0, 0.1) is 13.8 Å². The number of amides is 1. The largest absolute Gasteiger partial charge is 0.495 e. The first-order chi connectivity index (χ1) is 12.5. The fourth-order valence-electron chi connectivity index (χ4n) is 2.71. The Balaban J connectivity index is 1.86. The van der Waals surface area contributed by atoms with Gasteiger partial charge in [-0.2, -0.15) is 0 Å². The zero-order chi connectivity index (χ0) is 18.7. The third kappa shape index (κ3) is 3.78. The summed E-state index contributed by atoms with van der Waals surface area (Å²) in [6, 6.07) is 14.0. The van der Waals surface area contributed by atoms with E-state index in [1.165, 1.54) is 16.9 Å². The third-order valence-electron chi connectivity index (χ3n) is 4.22. The molecule has 3 rings (SSSR count). The van der Waals surface area contributed by atoms with E-state index < -0.39 is 0 Å². The number of benzene rings is 2. The Labute approximate surface area is 157 Å². The summed E-state index contributed by atoms with van der Waals surface area (Å²) < 4.78 is 5.34. The van der Waals surface area contributed by atoms with E-state index in [0.717, 1.165) is 28.2 Å². The highest BCUT2D eigenvalue weighted by atomic mass is 32.1. The van der Waals surface area contributed by atoms with Crippen LogP contribution in [0.2, 0.25) is 0 Å². The second-order valence-electron chi connectivity index (χ2n) is 6.14. The lowest BCUT2D eigenvalue weighted by Gasteiger charge is -2.10. The number of rotatable bonds is 5. The Morgan fingerprint density at radius 1 is 1.15 bits per heavy atom. The zero-order valence-corrected chi connectivity index (χ0v) is 16.2. The summed E-state index contributed by atoms with van der Waals surface area (Å²) >= 11 is 1.41. The van der Waals surface area contributed by atoms with E-state index in [2.05, 4.69) is 41.5 Å². The van der Waals surface area contributed by atoms with Gasteiger partial charge in [-0.1, -0.05) is 37.3 Å². The van der Waals surface area contributed by atoms with Gasteiger partial charge < -0.3 is 10.1 Å². The van der Waals surface area contributed by atoms with E-state index in [9.17, 15) is 4.79 Å². The number of anilines is 1. The van der Waals surface area contributed by atoms with Crippen LogP contribution in [0.4, 0.5) is 5.69 Å². The lowest BCUT2D eigenvalue weighted by atomic mass is 10.1. The van der Waals surface area contributed by atoms with Crippen molar-refractivity contribution >= 4 is 22.9 Å². The molecule has 4 nitrogen and oxygen atoms in total. The van der Waals surface area contributed by atoms with Crippen LogP contribution in [-0.2, 0) is 6.42 Å². The summed E-state index contributed by atoms with van der Waals surface area (Å²) in [6.45, 7) is 5.97. The number of carbonyl (C=O) groups excluding carboxylic acids is 1. The molecular formula is C21H22N2O2S. The lowest BCUT2D eigenvalue weighted by molar-refractivity contribution is 0.102. The maximum atomic E-state index is 12.8. The van der Waals surface area contributed by atoms with Crippen LogP contribution in [0.15, 0.2) is 42.5 Å². The molecule has 1 amide bonds. The first-order valence-corrected chi connectivity index (χ1v) is 9.36. The number of aryl methyl sites for hydroxylation is 3. The van der Waals surface area contributed by atoms with Gasteiger partial charge in [-0.25, -0.2) is 4.98 Å². The topological polar surface area (TPSA) is 51.2 Å². The number of methoxy groups -OCH3 is 1. The minimum atomic E-state index is -0.166. The highest BCUT2D eigenvalue weighted by Crippen LogP contribution is 2.30. The minimum Gasteiger partial charge on any atom is -0.495 e. The number of nitrogens with one attached hydrogen (secondary N) is 1. The molecule has 0 saturated carbocycles. The fraction of sp³-hybridized carbons (Fsp3) is 0.238. The van der Waals surface area contributed by atoms with Crippen LogP contribution in [0.1, 0.15) is 33.4 Å². The summed E-state index contributed by atoms with van der Waals surface area (Å²) in [6.07, 6.45) is 1.00. The van der Waals surface area contributed by atoms with Gasteiger partial charge in [-0.3, -0.25) is 4.79 Å². The van der Waals surface area contributed by atoms with Crippen molar-refractivity contribution in [2.45, 2.75) is 27.2 Å². The molecule has 0 atom stereocenters. The molecule has 3 aromatic rings. The van der Waals surface area contributed by atoms with E-state index in [4.69, 9.17) is 4.74 Å². The van der Waals surface area contributed by atoms with Gasteiger partial charge in [0, 0.05) is 5.56 Å². The predicted molar refractivity (Wildman–Crippen MR) is 107 cm³/mol. The van der Waals surface area contributed by atoms with Gasteiger partial charge in [0.25, 0.3) is 5.91 Å². The van der Waals surface area contributed by atoms with Gasteiger partial charge in [0.1, 0.15) is 15.6 Å². The summed E-state index contributed by atoms with van der Waals surface area (Å²) in [4.78, 5) is 18.0. The first kappa shape index (κ1) is 18.1. The number of hydrogen-bond donors (Lipinski definition) is 1. The Bertz CT molecular complexity index is 930. The van der Waals surface area contributed by atoms with Crippen LogP contribution in [0.3, 0.4) is 0 Å². The van der Waals surface area contributed by atoms with Gasteiger partial charge in [0.2, 0.25) is 0 Å². The maximum Gasteiger partial charge on any atom is 0.267 e. The molecule has 0 saturated heterocycles. The predicted octanol–water partition coefficient (Wildman–Crippen LogP) is 5.25. The maximum absolute atomic E-state index is 12.8. The lowest BCUT2D eigenvalue weighted by Crippen LogP contribution is -2.12. The molecule has 0 spiro atoms. The molecule has 1 aromatic heterocycles. The Kier molecular flexibility index (Phi) is 5.38. The van der Waals surface area contributed by atoms with Gasteiger partial charge in [0.05, 0.1) is 18.5 Å². The fourth-order valence-corrected chi connectivity index (χ4v) is 3.68. The molecule has 0 aliphatic rings. The van der Waals surface area contributed by atoms with E-state index >= 15 is 0 Å². The highest BCUT2D eigenvalue weighted by molar-refractivity contribution is 7.17. The van der Waals surface area contributed by atoms with Crippen molar-refractivity contribution in [1.29, 1.82) is 0 Å². The molecule has 0 unspecified atom stereocenters. The van der Waals surface area contributed by atoms with Crippen LogP contribution < -0.4 is 10.1 Å². The SMILES string of the molecule is CCc1ccc(-c2nc(C)c(C(=O)Nc3cc(C)ccc3OC)s2)cc1. The second-order valence-corrected chi connectivity index (χ2v) is 7.14. The summed E-state index contributed by atoms with van der Waals surface area (Å²) in [5.41, 5.74) is 4.76. The minimum absolute atomic E-state index is 0.166. The van der Waals surface area contributed by atoms with Gasteiger partial charge in [-0.05, 0) is 43.5 Å². The Morgan fingerprint density at radius 3 is 2.54 bits per heavy atom. The zero-order valence-electron chi connectivity index (χ0n) is 15.4. The summed E-state index contributed by atoms with van der Waals surface area (Å²) in [5.74, 6) is 0.474. The molecule has 1 heterocycles. The molecule has 5 heteroatoms. The smallest absolute Gasteiger partial charge is 0.267 e. The second kappa shape index (κ2) is 7.70. The average Bonchev–Trinajstić information content (AvgIpc) is 3.04. The van der Waals surface area contributed by atoms with Crippen LogP contribution in [0.5, 0.6) is 5.75 Å². The molecule has 0 fully saturated rings. The van der Waals surface area contributed by atoms with Crippen molar-refractivity contribution in [3.8, 4) is 16.3 Å². The van der Waals surface area contributed by atoms with E-state index in [1.54, 1.807) is 7.11 Å². The van der Waals surface area contributed by atoms with Crippen molar-refractivity contribution in [3.05, 3.63) is 64.2 Å². The standard InChI is InChI=1S/C21H22N2O2S/c1-5-15-7-9-16(10-8-15)21-22-14(3)19(26-21)20(24)23-17-12-13(2)6-11-18(17)25-4/h6-12H,5H2,1-4H3,(H,23,24). The number of hydrogen-bond acceptors (Lipinski definition) is 4. The third-order valence-corrected chi connectivity index (χ3v) is 5.42. The molecule has 26 heavy (non-hydrogen) atoms. The summed E-state index contributed by atoms with van der Waals surface area (Å²) in [5, 5.41) is 3.80. The highest BCUT2D eigenvalue weighted by Gasteiger charge is 2.18. The number of thiazole rings is 1. The van der Waals surface area contributed by atoms with Gasteiger partial charge >= 0.3 is 0 Å². The van der Waals surface area contributed by atoms with E-state index in [0.29, 0.717) is 16.3 Å². The van der Waals surface area contributed by atoms with Crippen molar-refractivity contribution in [2.24, 2.45) is 0 Å². The quantitative estimate of drug-likeness (QED) is 0.671. The number of ether oxygens (including phenoxy) is 1. The van der Waals surface area contributed by atoms with Crippen molar-refractivity contribution in [3.63, 3.8) is 0 Å². The van der Waals surface area contributed by atoms with Crippen LogP contribution in [-0.4, -0.2) is 18.0 Å². The molecule has 1 N–H and O–H groups in total. The van der Waals surface area contributed by atoms with Crippen LogP contribution in [0.25, 0.3) is 10.6 Å². The van der Waals surface area contributed by atoms with E-state index in [-0.39, 0.29) is 5.91 Å². The number of carbonyl (C=O) groups is 1. The molecule has 2 aromatic carbocycles. The van der Waals surface area contributed by atoms with Gasteiger partial charge in [-0.15, -0.1) is 11.3 Å². The Morgan fingerprint density at radius 2 is 1.88 bits per heavy atom. The molecule has 0 aliphatic carbocycles. The Hall–Kier alpha value is -2.66. The van der Waals surface area contributed by atoms with Crippen LogP contribution >= 0.6 is 11.3 Å². The number of nitrogens with zero attached hydrogens (tertiary/aromatic N) is 1. The van der Waals surface area contributed by atoms with Crippen molar-refractivity contribution in [2.75, 3.05) is 12.4 Å². The monoisotopic (exact) mass is 366 g/mol. The molecule has 0 radical (unpaired) electrons. The molecule has 0 aliphatic heterocycles. The molecule has 0 bridgehead atoms. The molecular weight excluding hydrogens is 344 g/mol. The molecule has 134 valence electrons. The van der Waals surface area contributed by atoms with Gasteiger partial charge in [0.15, 0.2) is 0 Å². The van der Waals surface area contributed by atoms with E-state index in [1.807, 2.05) is 32.0 Å². The first-order valence-electron chi connectivity index (χ1n) is 8.54. The normalized spacial score (nSPS) is 10.6.